The monoisotopic (exact) mass is 546 g/mol. The Morgan fingerprint density at radius 1 is 1.11 bits per heavy atom. The predicted molar refractivity (Wildman–Crippen MR) is 149 cm³/mol. The number of fused-ring (bicyclic) bond motifs is 2. The average molecular weight is 547 g/mol. The van der Waals surface area contributed by atoms with Gasteiger partial charge in [-0.25, -0.2) is 22.7 Å². The molecule has 3 amide bonds. The maximum atomic E-state index is 12.7. The Hall–Kier alpha value is -2.59. The number of ether oxygens (including phenoxy) is 1. The van der Waals surface area contributed by atoms with Gasteiger partial charge in [0.15, 0.2) is 0 Å². The molecule has 2 N–H and O–H groups in total. The van der Waals surface area contributed by atoms with Gasteiger partial charge in [-0.2, -0.15) is 0 Å². The zero-order valence-corrected chi connectivity index (χ0v) is 24.0. The molecule has 1 aromatic carbocycles. The SMILES string of the molecule is CN(CCCN1CCC[C@H]1/C=C/S(=O)(=O)NC(=O)Nc1c2c(cc3c1CCC3)CCC2)C(=O)OC(C)(C)C. The van der Waals surface area contributed by atoms with Gasteiger partial charge in [0.25, 0.3) is 10.0 Å². The number of nitrogens with zero attached hydrogens (tertiary/aromatic N) is 2. The maximum absolute atomic E-state index is 12.7. The second kappa shape index (κ2) is 11.7. The van der Waals surface area contributed by atoms with Crippen molar-refractivity contribution in [3.05, 3.63) is 39.8 Å². The summed E-state index contributed by atoms with van der Waals surface area (Å²) in [4.78, 5) is 28.7. The lowest BCUT2D eigenvalue weighted by molar-refractivity contribution is 0.0293. The third-order valence-electron chi connectivity index (χ3n) is 7.48. The van der Waals surface area contributed by atoms with Gasteiger partial charge in [0.1, 0.15) is 5.60 Å². The minimum atomic E-state index is -3.94. The van der Waals surface area contributed by atoms with E-state index in [1.807, 2.05) is 20.8 Å². The molecule has 9 nitrogen and oxygen atoms in total. The molecular formula is C28H42N4O5S. The second-order valence-corrected chi connectivity index (χ2v) is 13.2. The largest absolute Gasteiger partial charge is 0.444 e. The van der Waals surface area contributed by atoms with E-state index in [1.54, 1.807) is 18.0 Å². The van der Waals surface area contributed by atoms with Gasteiger partial charge in [0.05, 0.1) is 0 Å². The van der Waals surface area contributed by atoms with Crippen LogP contribution in [0.15, 0.2) is 17.6 Å². The fourth-order valence-corrected chi connectivity index (χ4v) is 6.52. The number of aryl methyl sites for hydroxylation is 2. The summed E-state index contributed by atoms with van der Waals surface area (Å²) in [6.07, 6.45) is 9.84. The summed E-state index contributed by atoms with van der Waals surface area (Å²) in [7, 11) is -2.22. The smallest absolute Gasteiger partial charge is 0.410 e. The molecule has 3 aliphatic rings. The molecule has 1 heterocycles. The molecule has 0 bridgehead atoms. The summed E-state index contributed by atoms with van der Waals surface area (Å²) in [6.45, 7) is 7.67. The third kappa shape index (κ3) is 7.28. The minimum Gasteiger partial charge on any atom is -0.444 e. The molecule has 1 aliphatic heterocycles. The van der Waals surface area contributed by atoms with Crippen molar-refractivity contribution >= 4 is 27.8 Å². The first-order valence-corrected chi connectivity index (χ1v) is 15.3. The lowest BCUT2D eigenvalue weighted by atomic mass is 9.99. The average Bonchev–Trinajstić information content (AvgIpc) is 3.57. The first kappa shape index (κ1) is 28.4. The molecule has 1 saturated heterocycles. The number of hydrogen-bond acceptors (Lipinski definition) is 6. The van der Waals surface area contributed by atoms with E-state index in [2.05, 4.69) is 21.0 Å². The number of hydrogen-bond donors (Lipinski definition) is 2. The third-order valence-corrected chi connectivity index (χ3v) is 8.47. The number of benzene rings is 1. The highest BCUT2D eigenvalue weighted by molar-refractivity contribution is 7.92. The molecule has 2 aliphatic carbocycles. The number of rotatable bonds is 8. The van der Waals surface area contributed by atoms with E-state index in [1.165, 1.54) is 11.1 Å². The van der Waals surface area contributed by atoms with Crippen molar-refractivity contribution in [2.24, 2.45) is 0 Å². The van der Waals surface area contributed by atoms with Crippen LogP contribution in [0.5, 0.6) is 0 Å². The van der Waals surface area contributed by atoms with Crippen LogP contribution in [0.4, 0.5) is 15.3 Å². The molecule has 10 heteroatoms. The van der Waals surface area contributed by atoms with Gasteiger partial charge in [0, 0.05) is 37.3 Å². The predicted octanol–water partition coefficient (Wildman–Crippen LogP) is 4.35. The highest BCUT2D eigenvalue weighted by Gasteiger charge is 2.27. The van der Waals surface area contributed by atoms with Crippen LogP contribution < -0.4 is 10.0 Å². The Labute approximate surface area is 227 Å². The number of carbonyl (C=O) groups excluding carboxylic acids is 2. The van der Waals surface area contributed by atoms with E-state index >= 15 is 0 Å². The van der Waals surface area contributed by atoms with Crippen LogP contribution in [0.3, 0.4) is 0 Å². The summed E-state index contributed by atoms with van der Waals surface area (Å²) < 4.78 is 33.0. The highest BCUT2D eigenvalue weighted by Crippen LogP contribution is 2.38. The molecule has 0 unspecified atom stereocenters. The van der Waals surface area contributed by atoms with Gasteiger partial charge in [-0.15, -0.1) is 0 Å². The Bertz CT molecular complexity index is 1160. The number of amides is 3. The van der Waals surface area contributed by atoms with Crippen molar-refractivity contribution in [1.82, 2.24) is 14.5 Å². The molecule has 0 saturated carbocycles. The minimum absolute atomic E-state index is 0.0258. The fourth-order valence-electron chi connectivity index (χ4n) is 5.75. The van der Waals surface area contributed by atoms with E-state index < -0.39 is 21.7 Å². The van der Waals surface area contributed by atoms with Crippen molar-refractivity contribution in [3.8, 4) is 0 Å². The van der Waals surface area contributed by atoms with Crippen LogP contribution in [0.2, 0.25) is 0 Å². The summed E-state index contributed by atoms with van der Waals surface area (Å²) in [5.41, 5.74) is 5.17. The van der Waals surface area contributed by atoms with Gasteiger partial charge < -0.3 is 15.0 Å². The quantitative estimate of drug-likeness (QED) is 0.502. The van der Waals surface area contributed by atoms with Crippen LogP contribution in [-0.4, -0.2) is 68.7 Å². The molecule has 210 valence electrons. The summed E-state index contributed by atoms with van der Waals surface area (Å²) in [6, 6.07) is 1.54. The summed E-state index contributed by atoms with van der Waals surface area (Å²) in [5.74, 6) is 0. The number of likely N-dealkylation sites (tertiary alicyclic amines) is 1. The Morgan fingerprint density at radius 3 is 2.39 bits per heavy atom. The van der Waals surface area contributed by atoms with E-state index in [0.717, 1.165) is 93.1 Å². The zero-order chi connectivity index (χ0) is 27.5. The normalized spacial score (nSPS) is 19.4. The topological polar surface area (TPSA) is 108 Å². The van der Waals surface area contributed by atoms with Gasteiger partial charge in [-0.3, -0.25) is 4.90 Å². The number of carbonyl (C=O) groups is 2. The van der Waals surface area contributed by atoms with Gasteiger partial charge in [-0.1, -0.05) is 12.1 Å². The van der Waals surface area contributed by atoms with Crippen molar-refractivity contribution in [3.63, 3.8) is 0 Å². The summed E-state index contributed by atoms with van der Waals surface area (Å²) >= 11 is 0. The lowest BCUT2D eigenvalue weighted by Gasteiger charge is -2.26. The molecule has 0 aromatic heterocycles. The van der Waals surface area contributed by atoms with Crippen molar-refractivity contribution in [1.29, 1.82) is 0 Å². The van der Waals surface area contributed by atoms with Crippen LogP contribution in [0, 0.1) is 0 Å². The van der Waals surface area contributed by atoms with Crippen LogP contribution in [0.1, 0.15) is 75.1 Å². The van der Waals surface area contributed by atoms with Gasteiger partial charge in [-0.05, 0) is 107 Å². The maximum Gasteiger partial charge on any atom is 0.410 e. The molecule has 4 rings (SSSR count). The van der Waals surface area contributed by atoms with E-state index in [9.17, 15) is 18.0 Å². The van der Waals surface area contributed by atoms with E-state index in [0.29, 0.717) is 6.54 Å². The molecule has 1 aromatic rings. The van der Waals surface area contributed by atoms with E-state index in [-0.39, 0.29) is 12.1 Å². The first-order chi connectivity index (χ1) is 17.9. The molecule has 1 fully saturated rings. The molecule has 0 radical (unpaired) electrons. The standard InChI is InChI=1S/C28H42N4O5S/c1-28(2,3)37-27(34)31(4)15-8-17-32-16-7-11-22(32)14-18-38(35,36)30-26(33)29-25-23-12-5-9-20(23)19-21-10-6-13-24(21)25/h14,18-19,22H,5-13,15-17H2,1-4H3,(H2,29,30,33)/b18-14+/t22-/m0/s1. The Balaban J connectivity index is 1.29. The Morgan fingerprint density at radius 2 is 1.76 bits per heavy atom. The van der Waals surface area contributed by atoms with Crippen LogP contribution in [-0.2, 0) is 40.4 Å². The molecule has 38 heavy (non-hydrogen) atoms. The Kier molecular flexibility index (Phi) is 8.72. The van der Waals surface area contributed by atoms with Gasteiger partial charge >= 0.3 is 12.1 Å². The number of nitrogens with one attached hydrogen (secondary N) is 2. The zero-order valence-electron chi connectivity index (χ0n) is 23.1. The van der Waals surface area contributed by atoms with Crippen molar-refractivity contribution in [2.45, 2.75) is 90.2 Å². The second-order valence-electron chi connectivity index (χ2n) is 11.7. The lowest BCUT2D eigenvalue weighted by Crippen LogP contribution is -2.37. The van der Waals surface area contributed by atoms with Crippen molar-refractivity contribution in [2.75, 3.05) is 32.0 Å². The molecular weight excluding hydrogens is 504 g/mol. The fraction of sp³-hybridized carbons (Fsp3) is 0.643. The van der Waals surface area contributed by atoms with E-state index in [4.69, 9.17) is 4.74 Å². The molecule has 0 spiro atoms. The highest BCUT2D eigenvalue weighted by atomic mass is 32.2. The number of anilines is 1. The first-order valence-electron chi connectivity index (χ1n) is 13.8. The van der Waals surface area contributed by atoms with Crippen LogP contribution in [0.25, 0.3) is 0 Å². The number of urea groups is 1. The summed E-state index contributed by atoms with van der Waals surface area (Å²) in [5, 5.41) is 3.99. The van der Waals surface area contributed by atoms with Gasteiger partial charge in [0.2, 0.25) is 0 Å². The molecule has 1 atom stereocenters. The van der Waals surface area contributed by atoms with Crippen LogP contribution >= 0.6 is 0 Å². The van der Waals surface area contributed by atoms with Crippen molar-refractivity contribution < 1.29 is 22.7 Å². The number of sulfonamides is 1.